The standard InChI is InChI=1S/C20H28N2O2/c1-13-7-8-21(14-5-6-14)17(23)16(13)18(24)22-12-20(4)10-15(22)9-19(2,3)11-20/h7-8,14-15H,5-6,9-12H2,1-4H3/t15-,20-/m1/s1. The van der Waals surface area contributed by atoms with E-state index in [0.717, 1.165) is 44.2 Å². The predicted molar refractivity (Wildman–Crippen MR) is 94.3 cm³/mol. The number of amides is 1. The van der Waals surface area contributed by atoms with Gasteiger partial charge in [0.25, 0.3) is 11.5 Å². The number of aromatic nitrogens is 1. The van der Waals surface area contributed by atoms with Crippen LogP contribution in [-0.2, 0) is 0 Å². The molecule has 130 valence electrons. The summed E-state index contributed by atoms with van der Waals surface area (Å²) in [7, 11) is 0. The molecule has 1 aromatic heterocycles. The molecule has 2 atom stereocenters. The molecule has 0 aromatic carbocycles. The van der Waals surface area contributed by atoms with Gasteiger partial charge in [-0.25, -0.2) is 0 Å². The molecule has 2 heterocycles. The molecule has 3 aliphatic rings. The van der Waals surface area contributed by atoms with E-state index < -0.39 is 0 Å². The van der Waals surface area contributed by atoms with E-state index in [-0.39, 0.29) is 28.3 Å². The lowest BCUT2D eigenvalue weighted by Crippen LogP contribution is -2.41. The Bertz CT molecular complexity index is 759. The Morgan fingerprint density at radius 2 is 1.88 bits per heavy atom. The third-order valence-electron chi connectivity index (χ3n) is 6.16. The van der Waals surface area contributed by atoms with Crippen molar-refractivity contribution in [2.24, 2.45) is 10.8 Å². The molecule has 0 radical (unpaired) electrons. The first-order chi connectivity index (χ1) is 11.2. The van der Waals surface area contributed by atoms with Gasteiger partial charge in [-0.15, -0.1) is 0 Å². The van der Waals surface area contributed by atoms with E-state index in [1.165, 1.54) is 0 Å². The number of hydrogen-bond acceptors (Lipinski definition) is 2. The number of aryl methyl sites for hydroxylation is 1. The summed E-state index contributed by atoms with van der Waals surface area (Å²) >= 11 is 0. The second-order valence-corrected chi connectivity index (χ2v) is 9.46. The maximum atomic E-state index is 13.3. The van der Waals surface area contributed by atoms with Crippen molar-refractivity contribution in [3.05, 3.63) is 33.7 Å². The van der Waals surface area contributed by atoms with Gasteiger partial charge in [0, 0.05) is 24.8 Å². The summed E-state index contributed by atoms with van der Waals surface area (Å²) in [4.78, 5) is 28.2. The highest BCUT2D eigenvalue weighted by atomic mass is 16.2. The summed E-state index contributed by atoms with van der Waals surface area (Å²) in [5.41, 5.74) is 1.59. The van der Waals surface area contributed by atoms with Crippen LogP contribution in [0.15, 0.2) is 17.1 Å². The van der Waals surface area contributed by atoms with Crippen LogP contribution in [0.4, 0.5) is 0 Å². The molecule has 1 amide bonds. The van der Waals surface area contributed by atoms with E-state index in [9.17, 15) is 9.59 Å². The molecule has 2 aliphatic carbocycles. The molecular weight excluding hydrogens is 300 g/mol. The number of likely N-dealkylation sites (tertiary alicyclic amines) is 1. The summed E-state index contributed by atoms with van der Waals surface area (Å²) in [6.07, 6.45) is 7.23. The van der Waals surface area contributed by atoms with Crippen LogP contribution in [-0.4, -0.2) is 28.0 Å². The van der Waals surface area contributed by atoms with E-state index in [1.54, 1.807) is 4.57 Å². The van der Waals surface area contributed by atoms with E-state index >= 15 is 0 Å². The highest BCUT2D eigenvalue weighted by Crippen LogP contribution is 2.52. The molecule has 4 rings (SSSR count). The summed E-state index contributed by atoms with van der Waals surface area (Å²) in [5, 5.41) is 0. The molecule has 0 spiro atoms. The molecule has 2 saturated carbocycles. The summed E-state index contributed by atoms with van der Waals surface area (Å²) < 4.78 is 1.77. The topological polar surface area (TPSA) is 42.3 Å². The lowest BCUT2D eigenvalue weighted by atomic mass is 9.65. The normalized spacial score (nSPS) is 31.3. The summed E-state index contributed by atoms with van der Waals surface area (Å²) in [5.74, 6) is -0.0427. The molecule has 24 heavy (non-hydrogen) atoms. The Morgan fingerprint density at radius 1 is 1.17 bits per heavy atom. The Labute approximate surface area is 143 Å². The lowest BCUT2D eigenvalue weighted by Gasteiger charge is -2.39. The second-order valence-electron chi connectivity index (χ2n) is 9.46. The van der Waals surface area contributed by atoms with Gasteiger partial charge in [0.1, 0.15) is 5.56 Å². The minimum absolute atomic E-state index is 0.0427. The van der Waals surface area contributed by atoms with Crippen molar-refractivity contribution >= 4 is 5.91 Å². The van der Waals surface area contributed by atoms with Gasteiger partial charge in [-0.05, 0) is 61.5 Å². The molecule has 3 fully saturated rings. The number of carbonyl (C=O) groups is 1. The maximum absolute atomic E-state index is 13.3. The first-order valence-electron chi connectivity index (χ1n) is 9.22. The largest absolute Gasteiger partial charge is 0.335 e. The van der Waals surface area contributed by atoms with Gasteiger partial charge >= 0.3 is 0 Å². The Morgan fingerprint density at radius 3 is 2.54 bits per heavy atom. The fourth-order valence-corrected chi connectivity index (χ4v) is 5.38. The van der Waals surface area contributed by atoms with Crippen LogP contribution in [0, 0.1) is 17.8 Å². The van der Waals surface area contributed by atoms with Gasteiger partial charge in [0.15, 0.2) is 0 Å². The zero-order valence-electron chi connectivity index (χ0n) is 15.3. The summed E-state index contributed by atoms with van der Waals surface area (Å²) in [6.45, 7) is 9.59. The first-order valence-corrected chi connectivity index (χ1v) is 9.22. The fraction of sp³-hybridized carbons (Fsp3) is 0.700. The number of pyridine rings is 1. The van der Waals surface area contributed by atoms with Crippen molar-refractivity contribution in [2.45, 2.75) is 71.9 Å². The third kappa shape index (κ3) is 2.51. The smallest absolute Gasteiger partial charge is 0.263 e. The Kier molecular flexibility index (Phi) is 3.29. The lowest BCUT2D eigenvalue weighted by molar-refractivity contribution is 0.0705. The maximum Gasteiger partial charge on any atom is 0.263 e. The molecular formula is C20H28N2O2. The van der Waals surface area contributed by atoms with Crippen LogP contribution in [0.3, 0.4) is 0 Å². The minimum Gasteiger partial charge on any atom is -0.335 e. The number of carbonyl (C=O) groups excluding carboxylic acids is 1. The number of rotatable bonds is 2. The molecule has 1 aliphatic heterocycles. The van der Waals surface area contributed by atoms with Crippen LogP contribution >= 0.6 is 0 Å². The van der Waals surface area contributed by atoms with Crippen molar-refractivity contribution in [3.63, 3.8) is 0 Å². The zero-order chi connectivity index (χ0) is 17.3. The van der Waals surface area contributed by atoms with Crippen LogP contribution in [0.1, 0.15) is 74.8 Å². The van der Waals surface area contributed by atoms with Gasteiger partial charge in [-0.1, -0.05) is 20.8 Å². The highest BCUT2D eigenvalue weighted by Gasteiger charge is 2.51. The van der Waals surface area contributed by atoms with E-state index in [1.807, 2.05) is 24.1 Å². The van der Waals surface area contributed by atoms with E-state index in [2.05, 4.69) is 20.8 Å². The molecule has 0 N–H and O–H groups in total. The number of nitrogens with zero attached hydrogens (tertiary/aromatic N) is 2. The number of hydrogen-bond donors (Lipinski definition) is 0. The average Bonchev–Trinajstić information content (AvgIpc) is 3.23. The molecule has 1 aromatic rings. The quantitative estimate of drug-likeness (QED) is 0.833. The van der Waals surface area contributed by atoms with Crippen LogP contribution in [0.5, 0.6) is 0 Å². The average molecular weight is 328 g/mol. The second kappa shape index (κ2) is 4.96. The fourth-order valence-electron chi connectivity index (χ4n) is 5.38. The van der Waals surface area contributed by atoms with Crippen molar-refractivity contribution in [2.75, 3.05) is 6.54 Å². The van der Waals surface area contributed by atoms with Gasteiger partial charge in [-0.2, -0.15) is 0 Å². The minimum atomic E-state index is -0.0895. The van der Waals surface area contributed by atoms with Crippen LogP contribution < -0.4 is 5.56 Å². The Balaban J connectivity index is 1.70. The van der Waals surface area contributed by atoms with E-state index in [4.69, 9.17) is 0 Å². The first kappa shape index (κ1) is 15.9. The predicted octanol–water partition coefficient (Wildman–Crippen LogP) is 3.53. The van der Waals surface area contributed by atoms with Gasteiger partial charge < -0.3 is 9.47 Å². The van der Waals surface area contributed by atoms with Crippen molar-refractivity contribution in [1.82, 2.24) is 9.47 Å². The van der Waals surface area contributed by atoms with Crippen LogP contribution in [0.25, 0.3) is 0 Å². The molecule has 1 saturated heterocycles. The van der Waals surface area contributed by atoms with Crippen molar-refractivity contribution in [3.8, 4) is 0 Å². The molecule has 2 bridgehead atoms. The van der Waals surface area contributed by atoms with Gasteiger partial charge in [-0.3, -0.25) is 9.59 Å². The molecule has 4 nitrogen and oxygen atoms in total. The molecule has 4 heteroatoms. The van der Waals surface area contributed by atoms with E-state index in [0.29, 0.717) is 11.6 Å². The van der Waals surface area contributed by atoms with Gasteiger partial charge in [0.2, 0.25) is 0 Å². The third-order valence-corrected chi connectivity index (χ3v) is 6.16. The molecule has 0 unspecified atom stereocenters. The SMILES string of the molecule is Cc1ccn(C2CC2)c(=O)c1C(=O)N1C[C@]2(C)C[C@H]1CC(C)(C)C2. The zero-order valence-corrected chi connectivity index (χ0v) is 15.3. The highest BCUT2D eigenvalue weighted by molar-refractivity contribution is 5.95. The monoisotopic (exact) mass is 328 g/mol. The van der Waals surface area contributed by atoms with Crippen molar-refractivity contribution in [1.29, 1.82) is 0 Å². The number of fused-ring (bicyclic) bond motifs is 2. The van der Waals surface area contributed by atoms with Crippen LogP contribution in [0.2, 0.25) is 0 Å². The Hall–Kier alpha value is -1.58. The van der Waals surface area contributed by atoms with Crippen molar-refractivity contribution < 1.29 is 4.79 Å². The van der Waals surface area contributed by atoms with Gasteiger partial charge in [0.05, 0.1) is 0 Å². The summed E-state index contributed by atoms with van der Waals surface area (Å²) in [6, 6.07) is 2.51.